The molecule has 0 aromatic heterocycles. The summed E-state index contributed by atoms with van der Waals surface area (Å²) in [4.78, 5) is 2.34. The molecule has 21 heavy (non-hydrogen) atoms. The summed E-state index contributed by atoms with van der Waals surface area (Å²) in [6, 6.07) is 17.8. The smallest absolute Gasteiger partial charge is 0.0398 e. The van der Waals surface area contributed by atoms with Gasteiger partial charge in [0.05, 0.1) is 0 Å². The van der Waals surface area contributed by atoms with E-state index in [0.29, 0.717) is 5.41 Å². The van der Waals surface area contributed by atoms with Crippen molar-refractivity contribution in [2.45, 2.75) is 24.7 Å². The molecule has 2 nitrogen and oxygen atoms in total. The molecule has 0 atom stereocenters. The van der Waals surface area contributed by atoms with Gasteiger partial charge in [0.1, 0.15) is 0 Å². The van der Waals surface area contributed by atoms with Crippen LogP contribution in [0.3, 0.4) is 0 Å². The molecule has 4 rings (SSSR count). The van der Waals surface area contributed by atoms with E-state index in [9.17, 15) is 0 Å². The lowest BCUT2D eigenvalue weighted by molar-refractivity contribution is 0.732. The molecule has 2 aromatic rings. The quantitative estimate of drug-likeness (QED) is 0.914. The summed E-state index contributed by atoms with van der Waals surface area (Å²) in [7, 11) is 2.17. The summed E-state index contributed by atoms with van der Waals surface area (Å²) in [6.45, 7) is 2.19. The molecule has 1 aliphatic heterocycles. The molecule has 0 amide bonds. The lowest BCUT2D eigenvalue weighted by atomic mass is 9.96. The first-order valence-corrected chi connectivity index (χ1v) is 7.90. The minimum absolute atomic E-state index is 0.372. The monoisotopic (exact) mass is 278 g/mol. The van der Waals surface area contributed by atoms with Crippen molar-refractivity contribution in [1.29, 1.82) is 0 Å². The van der Waals surface area contributed by atoms with Crippen LogP contribution in [0.15, 0.2) is 48.5 Å². The maximum atomic E-state index is 3.67. The average Bonchev–Trinajstić information content (AvgIpc) is 3.25. The highest BCUT2D eigenvalue weighted by molar-refractivity contribution is 5.63. The number of rotatable bonds is 4. The van der Waals surface area contributed by atoms with Crippen molar-refractivity contribution < 1.29 is 0 Å². The van der Waals surface area contributed by atoms with Crippen LogP contribution in [0.25, 0.3) is 0 Å². The normalized spacial score (nSPS) is 18.4. The summed E-state index contributed by atoms with van der Waals surface area (Å²) in [5.74, 6) is 0. The van der Waals surface area contributed by atoms with Crippen LogP contribution in [-0.4, -0.2) is 20.1 Å². The molecule has 2 aromatic carbocycles. The van der Waals surface area contributed by atoms with Gasteiger partial charge in [-0.1, -0.05) is 30.3 Å². The Kier molecular flexibility index (Phi) is 2.91. The number of anilines is 2. The third kappa shape index (κ3) is 2.29. The Morgan fingerprint density at radius 2 is 1.90 bits per heavy atom. The van der Waals surface area contributed by atoms with Crippen molar-refractivity contribution in [1.82, 2.24) is 0 Å². The van der Waals surface area contributed by atoms with E-state index < -0.39 is 0 Å². The molecular formula is C19H22N2. The second-order valence-corrected chi connectivity index (χ2v) is 6.51. The Labute approximate surface area is 126 Å². The van der Waals surface area contributed by atoms with Crippen molar-refractivity contribution in [3.8, 4) is 0 Å². The molecule has 1 saturated carbocycles. The second kappa shape index (κ2) is 4.80. The van der Waals surface area contributed by atoms with E-state index >= 15 is 0 Å². The number of nitrogens with one attached hydrogen (secondary N) is 1. The minimum Gasteiger partial charge on any atom is -0.384 e. The maximum absolute atomic E-state index is 3.67. The van der Waals surface area contributed by atoms with Crippen LogP contribution in [0.1, 0.15) is 24.0 Å². The second-order valence-electron chi connectivity index (χ2n) is 6.51. The molecular weight excluding hydrogens is 256 g/mol. The van der Waals surface area contributed by atoms with Crippen molar-refractivity contribution >= 4 is 11.4 Å². The van der Waals surface area contributed by atoms with Crippen molar-refractivity contribution in [3.63, 3.8) is 0 Å². The fraction of sp³-hybridized carbons (Fsp3) is 0.368. The van der Waals surface area contributed by atoms with Crippen LogP contribution in [0.5, 0.6) is 0 Å². The molecule has 2 aliphatic rings. The first-order valence-electron chi connectivity index (χ1n) is 7.90. The molecule has 0 radical (unpaired) electrons. The van der Waals surface area contributed by atoms with Crippen LogP contribution >= 0.6 is 0 Å². The van der Waals surface area contributed by atoms with Crippen LogP contribution in [0.2, 0.25) is 0 Å². The van der Waals surface area contributed by atoms with Crippen molar-refractivity contribution in [2.24, 2.45) is 0 Å². The van der Waals surface area contributed by atoms with E-state index in [1.54, 1.807) is 0 Å². The fourth-order valence-corrected chi connectivity index (χ4v) is 3.46. The molecule has 1 heterocycles. The number of hydrogen-bond donors (Lipinski definition) is 1. The van der Waals surface area contributed by atoms with Gasteiger partial charge in [-0.25, -0.2) is 0 Å². The maximum Gasteiger partial charge on any atom is 0.0398 e. The van der Waals surface area contributed by atoms with Gasteiger partial charge in [-0.05, 0) is 48.6 Å². The van der Waals surface area contributed by atoms with Gasteiger partial charge in [0.25, 0.3) is 0 Å². The van der Waals surface area contributed by atoms with E-state index in [0.717, 1.165) is 13.1 Å². The van der Waals surface area contributed by atoms with E-state index in [1.165, 1.54) is 41.8 Å². The molecule has 1 aliphatic carbocycles. The third-order valence-corrected chi connectivity index (χ3v) is 5.08. The summed E-state index contributed by atoms with van der Waals surface area (Å²) >= 11 is 0. The van der Waals surface area contributed by atoms with Gasteiger partial charge < -0.3 is 10.2 Å². The van der Waals surface area contributed by atoms with Gasteiger partial charge in [-0.2, -0.15) is 0 Å². The highest BCUT2D eigenvalue weighted by atomic mass is 15.1. The fourth-order valence-electron chi connectivity index (χ4n) is 3.46. The molecule has 0 saturated heterocycles. The van der Waals surface area contributed by atoms with Crippen LogP contribution < -0.4 is 10.2 Å². The number of nitrogens with zero attached hydrogens (tertiary/aromatic N) is 1. The van der Waals surface area contributed by atoms with Gasteiger partial charge in [-0.15, -0.1) is 0 Å². The highest BCUT2D eigenvalue weighted by Crippen LogP contribution is 2.48. The Hall–Kier alpha value is -1.96. The van der Waals surface area contributed by atoms with Gasteiger partial charge in [-0.3, -0.25) is 0 Å². The zero-order chi connectivity index (χ0) is 14.3. The van der Waals surface area contributed by atoms with Crippen LogP contribution in [-0.2, 0) is 11.8 Å². The van der Waals surface area contributed by atoms with E-state index in [4.69, 9.17) is 0 Å². The summed E-state index contributed by atoms with van der Waals surface area (Å²) in [5, 5.41) is 3.67. The minimum atomic E-state index is 0.372. The summed E-state index contributed by atoms with van der Waals surface area (Å²) in [6.07, 6.45) is 3.78. The predicted molar refractivity (Wildman–Crippen MR) is 89.3 cm³/mol. The SMILES string of the molecule is CN1CCc2cc(NCC3(c4ccccc4)CC3)ccc21. The van der Waals surface area contributed by atoms with Gasteiger partial charge in [0.15, 0.2) is 0 Å². The average molecular weight is 278 g/mol. The largest absolute Gasteiger partial charge is 0.384 e. The lowest BCUT2D eigenvalue weighted by Crippen LogP contribution is -2.19. The topological polar surface area (TPSA) is 15.3 Å². The predicted octanol–water partition coefficient (Wildman–Crippen LogP) is 3.82. The van der Waals surface area contributed by atoms with Crippen LogP contribution in [0.4, 0.5) is 11.4 Å². The van der Waals surface area contributed by atoms with E-state index in [-0.39, 0.29) is 0 Å². The number of fused-ring (bicyclic) bond motifs is 1. The standard InChI is InChI=1S/C19H22N2/c1-21-12-9-15-13-17(7-8-18(15)21)20-14-19(10-11-19)16-5-3-2-4-6-16/h2-8,13,20H,9-12,14H2,1H3. The number of hydrogen-bond acceptors (Lipinski definition) is 2. The first kappa shape index (κ1) is 12.8. The van der Waals surface area contributed by atoms with Crippen molar-refractivity contribution in [2.75, 3.05) is 30.4 Å². The molecule has 2 heteroatoms. The Bertz CT molecular complexity index is 644. The van der Waals surface area contributed by atoms with Gasteiger partial charge in [0, 0.05) is 36.9 Å². The first-order chi connectivity index (χ1) is 10.3. The van der Waals surface area contributed by atoms with E-state index in [2.05, 4.69) is 65.8 Å². The zero-order valence-electron chi connectivity index (χ0n) is 12.6. The van der Waals surface area contributed by atoms with Gasteiger partial charge in [0.2, 0.25) is 0 Å². The lowest BCUT2D eigenvalue weighted by Gasteiger charge is -2.18. The Morgan fingerprint density at radius 3 is 2.67 bits per heavy atom. The van der Waals surface area contributed by atoms with Crippen LogP contribution in [0, 0.1) is 0 Å². The van der Waals surface area contributed by atoms with Gasteiger partial charge >= 0.3 is 0 Å². The van der Waals surface area contributed by atoms with Crippen molar-refractivity contribution in [3.05, 3.63) is 59.7 Å². The Balaban J connectivity index is 1.48. The Morgan fingerprint density at radius 1 is 1.10 bits per heavy atom. The third-order valence-electron chi connectivity index (χ3n) is 5.08. The summed E-state index contributed by atoms with van der Waals surface area (Å²) in [5.41, 5.74) is 6.00. The van der Waals surface area contributed by atoms with E-state index in [1.807, 2.05) is 0 Å². The molecule has 0 spiro atoms. The number of benzene rings is 2. The molecule has 108 valence electrons. The molecule has 0 unspecified atom stereocenters. The zero-order valence-corrected chi connectivity index (χ0v) is 12.6. The molecule has 1 fully saturated rings. The summed E-state index contributed by atoms with van der Waals surface area (Å²) < 4.78 is 0. The molecule has 0 bridgehead atoms. The number of likely N-dealkylation sites (N-methyl/N-ethyl adjacent to an activating group) is 1. The molecule has 1 N–H and O–H groups in total. The highest BCUT2D eigenvalue weighted by Gasteiger charge is 2.43.